The first-order valence-corrected chi connectivity index (χ1v) is 8.95. The van der Waals surface area contributed by atoms with Gasteiger partial charge in [-0.1, -0.05) is 30.3 Å². The molecule has 0 bridgehead atoms. The van der Waals surface area contributed by atoms with Crippen LogP contribution in [0.5, 0.6) is 0 Å². The van der Waals surface area contributed by atoms with E-state index in [9.17, 15) is 0 Å². The molecule has 0 unspecified atom stereocenters. The highest BCUT2D eigenvalue weighted by Gasteiger charge is 2.23. The van der Waals surface area contributed by atoms with Gasteiger partial charge in [0.1, 0.15) is 18.2 Å². The van der Waals surface area contributed by atoms with E-state index in [-0.39, 0.29) is 0 Å². The predicted molar refractivity (Wildman–Crippen MR) is 107 cm³/mol. The molecule has 2 heteroatoms. The second-order valence-electron chi connectivity index (χ2n) is 7.00. The van der Waals surface area contributed by atoms with Gasteiger partial charge in [-0.3, -0.25) is 0 Å². The van der Waals surface area contributed by atoms with Crippen molar-refractivity contribution in [3.8, 4) is 11.3 Å². The third-order valence-electron chi connectivity index (χ3n) is 5.52. The maximum Gasteiger partial charge on any atom is 0.216 e. The van der Waals surface area contributed by atoms with Crippen molar-refractivity contribution < 1.29 is 8.98 Å². The first kappa shape index (κ1) is 15.2. The average Bonchev–Trinajstić information content (AvgIpc) is 3.02. The van der Waals surface area contributed by atoms with Gasteiger partial charge in [-0.25, -0.2) is 0 Å². The Kier molecular flexibility index (Phi) is 3.17. The standard InChI is InChI=1S/C24H20NO/c1-15-14-19-18-9-5-7-11-22(18)26-24(19)23(16(15)2)21-13-12-17-8-4-6-10-20(17)25(21)3/h4-14H,1-3H3/q+1. The second-order valence-corrected chi connectivity index (χ2v) is 7.00. The van der Waals surface area contributed by atoms with Gasteiger partial charge in [0, 0.05) is 28.3 Å². The second kappa shape index (κ2) is 5.43. The first-order chi connectivity index (χ1) is 12.6. The van der Waals surface area contributed by atoms with Gasteiger partial charge in [0.15, 0.2) is 0 Å². The number of hydrogen-bond acceptors (Lipinski definition) is 1. The molecule has 2 nitrogen and oxygen atoms in total. The number of hydrogen-bond donors (Lipinski definition) is 0. The number of aryl methyl sites for hydroxylation is 2. The number of furan rings is 1. The molecule has 2 heterocycles. The average molecular weight is 338 g/mol. The van der Waals surface area contributed by atoms with Crippen LogP contribution >= 0.6 is 0 Å². The minimum atomic E-state index is 0.942. The monoisotopic (exact) mass is 338 g/mol. The molecule has 0 radical (unpaired) electrons. The van der Waals surface area contributed by atoms with Crippen molar-refractivity contribution >= 4 is 32.8 Å². The Morgan fingerprint density at radius 2 is 1.58 bits per heavy atom. The number of benzene rings is 3. The van der Waals surface area contributed by atoms with Gasteiger partial charge >= 0.3 is 0 Å². The summed E-state index contributed by atoms with van der Waals surface area (Å²) >= 11 is 0. The summed E-state index contributed by atoms with van der Waals surface area (Å²) in [6.45, 7) is 4.37. The molecule has 0 saturated heterocycles. The van der Waals surface area contributed by atoms with E-state index in [0.717, 1.165) is 11.2 Å². The number of fused-ring (bicyclic) bond motifs is 4. The third-order valence-corrected chi connectivity index (χ3v) is 5.52. The summed E-state index contributed by atoms with van der Waals surface area (Å²) in [6.07, 6.45) is 0. The summed E-state index contributed by atoms with van der Waals surface area (Å²) in [6, 6.07) is 23.4. The molecule has 126 valence electrons. The summed E-state index contributed by atoms with van der Waals surface area (Å²) in [5.74, 6) is 0. The van der Waals surface area contributed by atoms with Crippen molar-refractivity contribution in [3.05, 3.63) is 77.9 Å². The maximum absolute atomic E-state index is 6.33. The molecular weight excluding hydrogens is 318 g/mol. The Hall–Kier alpha value is -3.13. The van der Waals surface area contributed by atoms with E-state index >= 15 is 0 Å². The van der Waals surface area contributed by atoms with Crippen LogP contribution in [0.3, 0.4) is 0 Å². The fourth-order valence-corrected chi connectivity index (χ4v) is 3.99. The first-order valence-electron chi connectivity index (χ1n) is 8.95. The largest absolute Gasteiger partial charge is 0.455 e. The van der Waals surface area contributed by atoms with Crippen LogP contribution in [0.25, 0.3) is 44.1 Å². The van der Waals surface area contributed by atoms with Crippen LogP contribution in [0.2, 0.25) is 0 Å². The Bertz CT molecular complexity index is 1310. The van der Waals surface area contributed by atoms with Crippen molar-refractivity contribution in [2.45, 2.75) is 13.8 Å². The summed E-state index contributed by atoms with van der Waals surface area (Å²) in [4.78, 5) is 0. The van der Waals surface area contributed by atoms with Crippen molar-refractivity contribution in [3.63, 3.8) is 0 Å². The Labute approximate surface area is 152 Å². The number of pyridine rings is 1. The summed E-state index contributed by atoms with van der Waals surface area (Å²) in [5, 5.41) is 3.60. The van der Waals surface area contributed by atoms with Crippen LogP contribution in [0.4, 0.5) is 0 Å². The zero-order valence-electron chi connectivity index (χ0n) is 15.2. The summed E-state index contributed by atoms with van der Waals surface area (Å²) in [5.41, 5.74) is 8.04. The lowest BCUT2D eigenvalue weighted by atomic mass is 9.96. The Balaban J connectivity index is 1.95. The molecule has 5 aromatic rings. The quantitative estimate of drug-likeness (QED) is 0.351. The summed E-state index contributed by atoms with van der Waals surface area (Å²) in [7, 11) is 2.13. The molecule has 0 N–H and O–H groups in total. The lowest BCUT2D eigenvalue weighted by Gasteiger charge is -2.10. The molecule has 3 aromatic carbocycles. The SMILES string of the molecule is Cc1cc2c(oc3ccccc32)c(-c2ccc3ccccc3[n+]2C)c1C. The normalized spacial score (nSPS) is 11.7. The molecule has 5 rings (SSSR count). The number of para-hydroxylation sites is 2. The highest BCUT2D eigenvalue weighted by molar-refractivity contribution is 6.10. The Morgan fingerprint density at radius 1 is 0.808 bits per heavy atom. The van der Waals surface area contributed by atoms with Gasteiger partial charge in [0.2, 0.25) is 11.2 Å². The molecule has 0 aliphatic rings. The topological polar surface area (TPSA) is 17.0 Å². The fourth-order valence-electron chi connectivity index (χ4n) is 3.99. The lowest BCUT2D eigenvalue weighted by molar-refractivity contribution is -0.633. The van der Waals surface area contributed by atoms with E-state index in [0.29, 0.717) is 0 Å². The number of aromatic nitrogens is 1. The van der Waals surface area contributed by atoms with Crippen molar-refractivity contribution in [1.82, 2.24) is 0 Å². The van der Waals surface area contributed by atoms with Crippen LogP contribution in [0.1, 0.15) is 11.1 Å². The van der Waals surface area contributed by atoms with E-state index in [1.54, 1.807) is 0 Å². The zero-order chi connectivity index (χ0) is 17.8. The van der Waals surface area contributed by atoms with Gasteiger partial charge in [-0.15, -0.1) is 0 Å². The van der Waals surface area contributed by atoms with Crippen LogP contribution in [0.15, 0.2) is 71.1 Å². The lowest BCUT2D eigenvalue weighted by Crippen LogP contribution is -2.32. The van der Waals surface area contributed by atoms with Crippen LogP contribution < -0.4 is 4.57 Å². The van der Waals surface area contributed by atoms with E-state index in [4.69, 9.17) is 4.42 Å². The van der Waals surface area contributed by atoms with Gasteiger partial charge in [-0.2, -0.15) is 4.57 Å². The van der Waals surface area contributed by atoms with E-state index in [1.165, 1.54) is 44.1 Å². The highest BCUT2D eigenvalue weighted by atomic mass is 16.3. The van der Waals surface area contributed by atoms with Crippen LogP contribution in [0, 0.1) is 13.8 Å². The van der Waals surface area contributed by atoms with Crippen LogP contribution in [-0.4, -0.2) is 0 Å². The van der Waals surface area contributed by atoms with Crippen molar-refractivity contribution in [1.29, 1.82) is 0 Å². The molecule has 0 fully saturated rings. The molecule has 0 amide bonds. The maximum atomic E-state index is 6.33. The van der Waals surface area contributed by atoms with E-state index in [2.05, 4.69) is 80.1 Å². The number of nitrogens with zero attached hydrogens (tertiary/aromatic N) is 1. The highest BCUT2D eigenvalue weighted by Crippen LogP contribution is 2.38. The fraction of sp³-hybridized carbons (Fsp3) is 0.125. The van der Waals surface area contributed by atoms with E-state index < -0.39 is 0 Å². The molecule has 0 atom stereocenters. The van der Waals surface area contributed by atoms with Gasteiger partial charge < -0.3 is 4.42 Å². The predicted octanol–water partition coefficient (Wildman–Crippen LogP) is 5.85. The minimum absolute atomic E-state index is 0.942. The third kappa shape index (κ3) is 2.02. The summed E-state index contributed by atoms with van der Waals surface area (Å²) < 4.78 is 8.60. The van der Waals surface area contributed by atoms with Crippen molar-refractivity contribution in [2.75, 3.05) is 0 Å². The zero-order valence-corrected chi connectivity index (χ0v) is 15.2. The molecule has 26 heavy (non-hydrogen) atoms. The Morgan fingerprint density at radius 3 is 2.46 bits per heavy atom. The molecule has 0 aliphatic heterocycles. The molecule has 0 saturated carbocycles. The molecule has 0 spiro atoms. The number of rotatable bonds is 1. The van der Waals surface area contributed by atoms with Crippen molar-refractivity contribution in [2.24, 2.45) is 7.05 Å². The molecular formula is C24H20NO+. The molecule has 2 aromatic heterocycles. The smallest absolute Gasteiger partial charge is 0.216 e. The minimum Gasteiger partial charge on any atom is -0.455 e. The van der Waals surface area contributed by atoms with Crippen LogP contribution in [-0.2, 0) is 7.05 Å². The van der Waals surface area contributed by atoms with E-state index in [1.807, 2.05) is 12.1 Å². The molecule has 0 aliphatic carbocycles. The van der Waals surface area contributed by atoms with Gasteiger partial charge in [0.05, 0.1) is 5.56 Å². The van der Waals surface area contributed by atoms with Gasteiger partial charge in [-0.05, 0) is 49.2 Å². The van der Waals surface area contributed by atoms with Gasteiger partial charge in [0.25, 0.3) is 0 Å².